The van der Waals surface area contributed by atoms with Gasteiger partial charge in [-0.25, -0.2) is 4.39 Å². The van der Waals surface area contributed by atoms with Crippen molar-refractivity contribution in [1.29, 1.82) is 0 Å². The molecule has 1 heterocycles. The lowest BCUT2D eigenvalue weighted by atomic mass is 9.98. The van der Waals surface area contributed by atoms with Crippen LogP contribution in [0.5, 0.6) is 5.75 Å². The fourth-order valence-corrected chi connectivity index (χ4v) is 3.20. The van der Waals surface area contributed by atoms with Gasteiger partial charge in [0.15, 0.2) is 0 Å². The van der Waals surface area contributed by atoms with Crippen LogP contribution in [-0.4, -0.2) is 19.2 Å². The number of halogens is 2. The minimum Gasteiger partial charge on any atom is -0.488 e. The number of ether oxygens (including phenoxy) is 1. The zero-order valence-corrected chi connectivity index (χ0v) is 13.4. The summed E-state index contributed by atoms with van der Waals surface area (Å²) in [5.41, 5.74) is 2.34. The molecule has 2 atom stereocenters. The number of fused-ring (bicyclic) bond motifs is 1. The third kappa shape index (κ3) is 3.11. The van der Waals surface area contributed by atoms with E-state index in [1.165, 1.54) is 11.6 Å². The molecule has 0 saturated heterocycles. The molecule has 0 aromatic heterocycles. The Kier molecular flexibility index (Phi) is 4.27. The maximum atomic E-state index is 13.3. The topological polar surface area (TPSA) is 21.3 Å². The van der Waals surface area contributed by atoms with Crippen molar-refractivity contribution in [2.45, 2.75) is 25.0 Å². The minimum atomic E-state index is -0.232. The Morgan fingerprint density at radius 1 is 1.33 bits per heavy atom. The summed E-state index contributed by atoms with van der Waals surface area (Å²) < 4.78 is 19.9. The molecule has 0 fully saturated rings. The van der Waals surface area contributed by atoms with Gasteiger partial charge in [-0.3, -0.25) is 0 Å². The van der Waals surface area contributed by atoms with E-state index in [-0.39, 0.29) is 18.0 Å². The second-order valence-corrected chi connectivity index (χ2v) is 6.17. The molecule has 21 heavy (non-hydrogen) atoms. The first kappa shape index (κ1) is 14.5. The first-order valence-electron chi connectivity index (χ1n) is 7.03. The van der Waals surface area contributed by atoms with Crippen molar-refractivity contribution in [2.24, 2.45) is 0 Å². The molecule has 2 aromatic carbocycles. The predicted molar refractivity (Wildman–Crippen MR) is 85.2 cm³/mol. The van der Waals surface area contributed by atoms with E-state index < -0.39 is 0 Å². The number of hydrogen-bond donors (Lipinski definition) is 1. The molecule has 0 spiro atoms. The Hall–Kier alpha value is -1.39. The summed E-state index contributed by atoms with van der Waals surface area (Å²) in [6, 6.07) is 13.5. The van der Waals surface area contributed by atoms with Crippen molar-refractivity contribution in [3.63, 3.8) is 0 Å². The van der Waals surface area contributed by atoms with Crippen LogP contribution in [0.25, 0.3) is 0 Å². The van der Waals surface area contributed by atoms with E-state index in [0.29, 0.717) is 4.47 Å². The SMILES string of the molecule is CNC(Cc1ccc(F)c(Br)c1)C1Cc2ccccc2O1. The average molecular weight is 350 g/mol. The second kappa shape index (κ2) is 6.16. The number of para-hydroxylation sites is 1. The van der Waals surface area contributed by atoms with Gasteiger partial charge in [0.1, 0.15) is 17.7 Å². The molecule has 2 nitrogen and oxygen atoms in total. The molecule has 2 aromatic rings. The molecule has 1 aliphatic rings. The summed E-state index contributed by atoms with van der Waals surface area (Å²) in [6.45, 7) is 0. The zero-order chi connectivity index (χ0) is 14.8. The Bertz CT molecular complexity index is 621. The van der Waals surface area contributed by atoms with Crippen LogP contribution >= 0.6 is 15.9 Å². The Morgan fingerprint density at radius 3 is 2.86 bits per heavy atom. The maximum absolute atomic E-state index is 13.3. The van der Waals surface area contributed by atoms with Gasteiger partial charge in [-0.2, -0.15) is 0 Å². The maximum Gasteiger partial charge on any atom is 0.137 e. The standard InChI is InChI=1S/C17H17BrFNO/c1-20-15(9-11-6-7-14(19)13(18)8-11)17-10-12-4-2-3-5-16(12)21-17/h2-8,15,17,20H,9-10H2,1H3. The molecular weight excluding hydrogens is 333 g/mol. The average Bonchev–Trinajstić information content (AvgIpc) is 2.92. The highest BCUT2D eigenvalue weighted by atomic mass is 79.9. The van der Waals surface area contributed by atoms with E-state index in [1.807, 2.05) is 37.4 Å². The van der Waals surface area contributed by atoms with Crippen molar-refractivity contribution in [2.75, 3.05) is 7.05 Å². The quantitative estimate of drug-likeness (QED) is 0.908. The van der Waals surface area contributed by atoms with Crippen molar-refractivity contribution in [3.05, 3.63) is 63.9 Å². The highest BCUT2D eigenvalue weighted by molar-refractivity contribution is 9.10. The monoisotopic (exact) mass is 349 g/mol. The van der Waals surface area contributed by atoms with Gasteiger partial charge in [-0.1, -0.05) is 24.3 Å². The van der Waals surface area contributed by atoms with E-state index in [4.69, 9.17) is 4.74 Å². The lowest BCUT2D eigenvalue weighted by molar-refractivity contribution is 0.182. The Morgan fingerprint density at radius 2 is 2.14 bits per heavy atom. The normalized spacial score (nSPS) is 18.1. The number of hydrogen-bond acceptors (Lipinski definition) is 2. The summed E-state index contributed by atoms with van der Waals surface area (Å²) in [5.74, 6) is 0.743. The van der Waals surface area contributed by atoms with Gasteiger partial charge < -0.3 is 10.1 Å². The van der Waals surface area contributed by atoms with E-state index in [9.17, 15) is 4.39 Å². The van der Waals surface area contributed by atoms with Crippen molar-refractivity contribution in [3.8, 4) is 5.75 Å². The van der Waals surface area contributed by atoms with Gasteiger partial charge in [-0.05, 0) is 58.7 Å². The Balaban J connectivity index is 1.73. The first-order chi connectivity index (χ1) is 10.2. The molecular formula is C17H17BrFNO. The second-order valence-electron chi connectivity index (χ2n) is 5.32. The highest BCUT2D eigenvalue weighted by Gasteiger charge is 2.29. The van der Waals surface area contributed by atoms with Crippen LogP contribution in [0, 0.1) is 5.82 Å². The predicted octanol–water partition coefficient (Wildman–Crippen LogP) is 3.72. The Labute approximate surface area is 132 Å². The van der Waals surface area contributed by atoms with E-state index >= 15 is 0 Å². The fraction of sp³-hybridized carbons (Fsp3) is 0.294. The van der Waals surface area contributed by atoms with Gasteiger partial charge >= 0.3 is 0 Å². The van der Waals surface area contributed by atoms with E-state index in [2.05, 4.69) is 27.3 Å². The van der Waals surface area contributed by atoms with E-state index in [1.54, 1.807) is 0 Å². The van der Waals surface area contributed by atoms with Crippen molar-refractivity contribution < 1.29 is 9.13 Å². The third-order valence-corrected chi connectivity index (χ3v) is 4.54. The van der Waals surface area contributed by atoms with Crippen LogP contribution in [0.1, 0.15) is 11.1 Å². The largest absolute Gasteiger partial charge is 0.488 e. The lowest BCUT2D eigenvalue weighted by Gasteiger charge is -2.23. The van der Waals surface area contributed by atoms with Gasteiger partial charge in [0.05, 0.1) is 4.47 Å². The summed E-state index contributed by atoms with van der Waals surface area (Å²) in [5, 5.41) is 3.33. The summed E-state index contributed by atoms with van der Waals surface area (Å²) in [6.07, 6.45) is 1.81. The number of nitrogens with one attached hydrogen (secondary N) is 1. The van der Waals surface area contributed by atoms with Crippen LogP contribution in [0.2, 0.25) is 0 Å². The van der Waals surface area contributed by atoms with Crippen LogP contribution in [0.15, 0.2) is 46.9 Å². The minimum absolute atomic E-state index is 0.108. The van der Waals surface area contributed by atoms with Gasteiger partial charge in [-0.15, -0.1) is 0 Å². The molecule has 1 aliphatic heterocycles. The first-order valence-corrected chi connectivity index (χ1v) is 7.82. The van der Waals surface area contributed by atoms with Crippen LogP contribution in [0.3, 0.4) is 0 Å². The molecule has 0 radical (unpaired) electrons. The number of likely N-dealkylation sites (N-methyl/N-ethyl adjacent to an activating group) is 1. The molecule has 1 N–H and O–H groups in total. The van der Waals surface area contributed by atoms with Gasteiger partial charge in [0, 0.05) is 12.5 Å². The molecule has 110 valence electrons. The summed E-state index contributed by atoms with van der Waals surface area (Å²) >= 11 is 3.24. The molecule has 2 unspecified atom stereocenters. The van der Waals surface area contributed by atoms with Gasteiger partial charge in [0.2, 0.25) is 0 Å². The molecule has 0 aliphatic carbocycles. The van der Waals surface area contributed by atoms with Crippen LogP contribution < -0.4 is 10.1 Å². The van der Waals surface area contributed by atoms with Crippen LogP contribution in [-0.2, 0) is 12.8 Å². The third-order valence-electron chi connectivity index (χ3n) is 3.93. The van der Waals surface area contributed by atoms with Crippen molar-refractivity contribution in [1.82, 2.24) is 5.32 Å². The van der Waals surface area contributed by atoms with Crippen molar-refractivity contribution >= 4 is 15.9 Å². The molecule has 0 bridgehead atoms. The lowest BCUT2D eigenvalue weighted by Crippen LogP contribution is -2.42. The highest BCUT2D eigenvalue weighted by Crippen LogP contribution is 2.30. The van der Waals surface area contributed by atoms with E-state index in [0.717, 1.165) is 24.2 Å². The van der Waals surface area contributed by atoms with Crippen LogP contribution in [0.4, 0.5) is 4.39 Å². The summed E-state index contributed by atoms with van der Waals surface area (Å²) in [7, 11) is 1.94. The molecule has 0 saturated carbocycles. The molecule has 3 rings (SSSR count). The fourth-order valence-electron chi connectivity index (χ4n) is 2.77. The summed E-state index contributed by atoms with van der Waals surface area (Å²) in [4.78, 5) is 0. The molecule has 0 amide bonds. The molecule has 4 heteroatoms. The zero-order valence-electron chi connectivity index (χ0n) is 11.8. The number of rotatable bonds is 4. The van der Waals surface area contributed by atoms with Gasteiger partial charge in [0.25, 0.3) is 0 Å². The number of benzene rings is 2. The smallest absolute Gasteiger partial charge is 0.137 e.